The molecule has 1 N–H and O–H groups in total. The Hall–Kier alpha value is -2.25. The summed E-state index contributed by atoms with van der Waals surface area (Å²) in [4.78, 5) is 15.4. The second-order valence-electron chi connectivity index (χ2n) is 5.14. The van der Waals surface area contributed by atoms with E-state index in [0.717, 1.165) is 0 Å². The molecule has 0 amide bonds. The maximum Gasteiger partial charge on any atom is 0.358 e. The lowest BCUT2D eigenvalue weighted by atomic mass is 10.1. The van der Waals surface area contributed by atoms with Gasteiger partial charge >= 0.3 is 5.97 Å². The molecule has 8 heteroatoms. The minimum atomic E-state index is -1.09. The Morgan fingerprint density at radius 3 is 2.50 bits per heavy atom. The predicted octanol–water partition coefficient (Wildman–Crippen LogP) is 1.65. The fourth-order valence-corrected chi connectivity index (χ4v) is 1.86. The fraction of sp³-hybridized carbons (Fsp3) is 0.583. The first kappa shape index (κ1) is 14.2. The normalized spacial score (nSPS) is 11.5. The van der Waals surface area contributed by atoms with Gasteiger partial charge in [0.25, 0.3) is 0 Å². The third-order valence-corrected chi connectivity index (χ3v) is 2.79. The number of carboxylic acids is 1. The molecule has 0 saturated carbocycles. The van der Waals surface area contributed by atoms with E-state index >= 15 is 0 Å². The van der Waals surface area contributed by atoms with E-state index < -0.39 is 5.97 Å². The highest BCUT2D eigenvalue weighted by Crippen LogP contribution is 2.19. The molecule has 2 aromatic rings. The van der Waals surface area contributed by atoms with Gasteiger partial charge in [-0.2, -0.15) is 4.98 Å². The number of nitrogens with zero attached hydrogens (tertiary/aromatic N) is 5. The van der Waals surface area contributed by atoms with Gasteiger partial charge in [0.05, 0.1) is 5.69 Å². The quantitative estimate of drug-likeness (QED) is 0.886. The van der Waals surface area contributed by atoms with Gasteiger partial charge in [-0.3, -0.25) is 0 Å². The highest BCUT2D eigenvalue weighted by atomic mass is 16.5. The molecule has 0 bridgehead atoms. The van der Waals surface area contributed by atoms with Crippen molar-refractivity contribution in [2.45, 2.75) is 46.1 Å². The van der Waals surface area contributed by atoms with Gasteiger partial charge in [0.2, 0.25) is 5.89 Å². The zero-order valence-corrected chi connectivity index (χ0v) is 11.9. The molecule has 0 aliphatic carbocycles. The van der Waals surface area contributed by atoms with Crippen molar-refractivity contribution in [3.8, 4) is 0 Å². The van der Waals surface area contributed by atoms with Crippen LogP contribution in [-0.4, -0.2) is 36.2 Å². The first-order valence-electron chi connectivity index (χ1n) is 6.39. The molecule has 0 saturated heterocycles. The molecule has 0 atom stereocenters. The SMILES string of the molecule is CC(C)c1nc(Cn2nnc(C(=O)O)c2C(C)C)no1. The lowest BCUT2D eigenvalue weighted by Gasteiger charge is -2.07. The van der Waals surface area contributed by atoms with Gasteiger partial charge in [-0.15, -0.1) is 5.10 Å². The molecular weight excluding hydrogens is 262 g/mol. The zero-order valence-electron chi connectivity index (χ0n) is 11.9. The van der Waals surface area contributed by atoms with Gasteiger partial charge in [-0.05, 0) is 5.92 Å². The Labute approximate surface area is 115 Å². The zero-order chi connectivity index (χ0) is 14.9. The lowest BCUT2D eigenvalue weighted by Crippen LogP contribution is -2.11. The van der Waals surface area contributed by atoms with Crippen molar-refractivity contribution in [2.24, 2.45) is 0 Å². The van der Waals surface area contributed by atoms with E-state index in [1.54, 1.807) is 0 Å². The van der Waals surface area contributed by atoms with E-state index in [2.05, 4.69) is 20.5 Å². The van der Waals surface area contributed by atoms with Crippen molar-refractivity contribution in [3.63, 3.8) is 0 Å². The van der Waals surface area contributed by atoms with Crippen LogP contribution in [0.3, 0.4) is 0 Å². The Morgan fingerprint density at radius 2 is 2.00 bits per heavy atom. The third-order valence-electron chi connectivity index (χ3n) is 2.79. The van der Waals surface area contributed by atoms with E-state index in [9.17, 15) is 4.79 Å². The summed E-state index contributed by atoms with van der Waals surface area (Å²) in [5, 5.41) is 20.5. The average molecular weight is 279 g/mol. The van der Waals surface area contributed by atoms with Gasteiger partial charge in [0, 0.05) is 5.92 Å². The minimum absolute atomic E-state index is 0.0208. The van der Waals surface area contributed by atoms with Crippen LogP contribution in [0.5, 0.6) is 0 Å². The molecule has 0 aliphatic rings. The predicted molar refractivity (Wildman–Crippen MR) is 68.6 cm³/mol. The molecule has 0 fully saturated rings. The van der Waals surface area contributed by atoms with Gasteiger partial charge in [0.15, 0.2) is 11.5 Å². The number of rotatable bonds is 5. The molecule has 2 aromatic heterocycles. The molecule has 2 heterocycles. The van der Waals surface area contributed by atoms with Crippen LogP contribution in [0, 0.1) is 0 Å². The van der Waals surface area contributed by atoms with Crippen LogP contribution in [0.1, 0.15) is 67.4 Å². The summed E-state index contributed by atoms with van der Waals surface area (Å²) in [6, 6.07) is 0. The number of carbonyl (C=O) groups is 1. The van der Waals surface area contributed by atoms with Gasteiger partial charge in [-0.1, -0.05) is 38.1 Å². The number of aromatic nitrogens is 5. The number of carboxylic acid groups (broad SMARTS) is 1. The van der Waals surface area contributed by atoms with Crippen molar-refractivity contribution in [3.05, 3.63) is 23.1 Å². The number of hydrogen-bond donors (Lipinski definition) is 1. The molecule has 0 unspecified atom stereocenters. The fourth-order valence-electron chi connectivity index (χ4n) is 1.86. The van der Waals surface area contributed by atoms with Crippen molar-refractivity contribution < 1.29 is 14.4 Å². The maximum absolute atomic E-state index is 11.1. The molecule has 0 spiro atoms. The minimum Gasteiger partial charge on any atom is -0.476 e. The van der Waals surface area contributed by atoms with E-state index in [1.807, 2.05) is 27.7 Å². The summed E-state index contributed by atoms with van der Waals surface area (Å²) in [5.41, 5.74) is 0.515. The second kappa shape index (κ2) is 5.40. The Bertz CT molecular complexity index is 614. The topological polar surface area (TPSA) is 107 Å². The van der Waals surface area contributed by atoms with Crippen LogP contribution in [0.25, 0.3) is 0 Å². The maximum atomic E-state index is 11.1. The number of hydrogen-bond acceptors (Lipinski definition) is 6. The van der Waals surface area contributed by atoms with Crippen molar-refractivity contribution in [2.75, 3.05) is 0 Å². The summed E-state index contributed by atoms with van der Waals surface area (Å²) in [5.74, 6) is 0.0387. The van der Waals surface area contributed by atoms with Crippen molar-refractivity contribution >= 4 is 5.97 Å². The highest BCUT2D eigenvalue weighted by molar-refractivity contribution is 5.86. The average Bonchev–Trinajstić information content (AvgIpc) is 2.95. The van der Waals surface area contributed by atoms with E-state index in [0.29, 0.717) is 17.4 Å². The van der Waals surface area contributed by atoms with Crippen molar-refractivity contribution in [1.82, 2.24) is 25.1 Å². The monoisotopic (exact) mass is 279 g/mol. The molecule has 0 aromatic carbocycles. The molecule has 108 valence electrons. The van der Waals surface area contributed by atoms with E-state index in [-0.39, 0.29) is 24.1 Å². The van der Waals surface area contributed by atoms with Gasteiger partial charge in [0.1, 0.15) is 6.54 Å². The molecule has 0 aliphatic heterocycles. The largest absolute Gasteiger partial charge is 0.476 e. The third kappa shape index (κ3) is 2.68. The van der Waals surface area contributed by atoms with Crippen LogP contribution in [-0.2, 0) is 6.54 Å². The van der Waals surface area contributed by atoms with Crippen LogP contribution in [0.2, 0.25) is 0 Å². The first-order valence-corrected chi connectivity index (χ1v) is 6.39. The summed E-state index contributed by atoms with van der Waals surface area (Å²) < 4.78 is 6.62. The molecule has 8 nitrogen and oxygen atoms in total. The van der Waals surface area contributed by atoms with E-state index in [4.69, 9.17) is 9.63 Å². The van der Waals surface area contributed by atoms with Crippen LogP contribution in [0.4, 0.5) is 0 Å². The molecule has 0 radical (unpaired) electrons. The molecular formula is C12H17N5O3. The van der Waals surface area contributed by atoms with E-state index in [1.165, 1.54) is 4.68 Å². The highest BCUT2D eigenvalue weighted by Gasteiger charge is 2.22. The summed E-state index contributed by atoms with van der Waals surface area (Å²) in [6.45, 7) is 7.92. The van der Waals surface area contributed by atoms with Crippen LogP contribution < -0.4 is 0 Å². The summed E-state index contributed by atoms with van der Waals surface area (Å²) >= 11 is 0. The summed E-state index contributed by atoms with van der Waals surface area (Å²) in [7, 11) is 0. The Morgan fingerprint density at radius 1 is 1.30 bits per heavy atom. The molecule has 2 rings (SSSR count). The standard InChI is InChI=1S/C12H17N5O3/c1-6(2)10-9(12(18)19)14-16-17(10)5-8-13-11(7(3)4)20-15-8/h6-7H,5H2,1-4H3,(H,18,19). The van der Waals surface area contributed by atoms with Crippen molar-refractivity contribution in [1.29, 1.82) is 0 Å². The Kier molecular flexibility index (Phi) is 3.82. The van der Waals surface area contributed by atoms with Gasteiger partial charge in [-0.25, -0.2) is 9.48 Å². The van der Waals surface area contributed by atoms with Crippen LogP contribution >= 0.6 is 0 Å². The number of aromatic carboxylic acids is 1. The summed E-state index contributed by atoms with van der Waals surface area (Å²) in [6.07, 6.45) is 0. The van der Waals surface area contributed by atoms with Crippen LogP contribution in [0.15, 0.2) is 4.52 Å². The first-order chi connectivity index (χ1) is 9.40. The Balaban J connectivity index is 2.31. The lowest BCUT2D eigenvalue weighted by molar-refractivity contribution is 0.0688. The smallest absolute Gasteiger partial charge is 0.358 e. The molecule has 20 heavy (non-hydrogen) atoms. The van der Waals surface area contributed by atoms with Gasteiger partial charge < -0.3 is 9.63 Å². The second-order valence-corrected chi connectivity index (χ2v) is 5.14.